The number of fused-ring (bicyclic) bond motifs is 1. The van der Waals surface area contributed by atoms with Crippen LogP contribution in [0.25, 0.3) is 12.2 Å². The Bertz CT molecular complexity index is 1140. The van der Waals surface area contributed by atoms with Gasteiger partial charge < -0.3 is 20.1 Å². The van der Waals surface area contributed by atoms with Gasteiger partial charge in [0.15, 0.2) is 0 Å². The van der Waals surface area contributed by atoms with Crippen LogP contribution in [0.4, 0.5) is 5.95 Å². The van der Waals surface area contributed by atoms with E-state index in [-0.39, 0.29) is 11.8 Å². The van der Waals surface area contributed by atoms with Gasteiger partial charge in [-0.15, -0.1) is 0 Å². The molecule has 1 aromatic heterocycles. The van der Waals surface area contributed by atoms with Crippen LogP contribution in [0.3, 0.4) is 0 Å². The number of rotatable bonds is 10. The van der Waals surface area contributed by atoms with Crippen molar-refractivity contribution in [3.63, 3.8) is 0 Å². The molecule has 0 fully saturated rings. The van der Waals surface area contributed by atoms with Crippen molar-refractivity contribution in [2.75, 3.05) is 25.5 Å². The van der Waals surface area contributed by atoms with E-state index in [0.29, 0.717) is 24.4 Å². The first-order valence-electron chi connectivity index (χ1n) is 12.3. The molecule has 34 heavy (non-hydrogen) atoms. The molecule has 0 aliphatic heterocycles. The Morgan fingerprint density at radius 1 is 1.12 bits per heavy atom. The number of hydrogen-bond donors (Lipinski definition) is 2. The van der Waals surface area contributed by atoms with Crippen LogP contribution < -0.4 is 21.3 Å². The first-order chi connectivity index (χ1) is 16.5. The molecular weight excluding hydrogens is 426 g/mol. The van der Waals surface area contributed by atoms with E-state index in [2.05, 4.69) is 30.6 Å². The third-order valence-corrected chi connectivity index (χ3v) is 6.08. The lowest BCUT2D eigenvalue weighted by Crippen LogP contribution is -2.35. The molecule has 182 valence electrons. The number of unbranched alkanes of at least 4 members (excludes halogenated alkanes) is 2. The number of allylic oxidation sites excluding steroid dienone is 5. The van der Waals surface area contributed by atoms with Gasteiger partial charge in [-0.05, 0) is 43.9 Å². The van der Waals surface area contributed by atoms with E-state index < -0.39 is 0 Å². The predicted molar refractivity (Wildman–Crippen MR) is 138 cm³/mol. The SMILES string of the molecule is CCCCN(CCCC)C(=O)C1=CCC=c2nc(NC3=CC=C(C(=O)NC)CC=C3)n(C)c2=C1. The van der Waals surface area contributed by atoms with Crippen molar-refractivity contribution >= 4 is 29.9 Å². The van der Waals surface area contributed by atoms with E-state index >= 15 is 0 Å². The highest BCUT2D eigenvalue weighted by Crippen LogP contribution is 2.14. The highest BCUT2D eigenvalue weighted by atomic mass is 16.2. The summed E-state index contributed by atoms with van der Waals surface area (Å²) < 4.78 is 1.98. The lowest BCUT2D eigenvalue weighted by Gasteiger charge is -2.23. The molecule has 0 spiro atoms. The summed E-state index contributed by atoms with van der Waals surface area (Å²) in [5.41, 5.74) is 2.28. The summed E-state index contributed by atoms with van der Waals surface area (Å²) in [5.74, 6) is 0.707. The van der Waals surface area contributed by atoms with Crippen LogP contribution in [0.2, 0.25) is 0 Å². The Morgan fingerprint density at radius 3 is 2.53 bits per heavy atom. The van der Waals surface area contributed by atoms with Crippen molar-refractivity contribution in [2.45, 2.75) is 52.4 Å². The van der Waals surface area contributed by atoms with Crippen molar-refractivity contribution in [1.29, 1.82) is 0 Å². The third-order valence-electron chi connectivity index (χ3n) is 6.08. The molecule has 0 aromatic carbocycles. The number of anilines is 1. The summed E-state index contributed by atoms with van der Waals surface area (Å²) in [6, 6.07) is 0. The van der Waals surface area contributed by atoms with Crippen LogP contribution in [-0.4, -0.2) is 46.4 Å². The van der Waals surface area contributed by atoms with Crippen LogP contribution in [0.1, 0.15) is 52.4 Å². The molecule has 0 atom stereocenters. The fourth-order valence-corrected chi connectivity index (χ4v) is 3.98. The van der Waals surface area contributed by atoms with E-state index in [1.807, 2.05) is 53.0 Å². The Kier molecular flexibility index (Phi) is 9.08. The molecule has 1 heterocycles. The van der Waals surface area contributed by atoms with Crippen molar-refractivity contribution in [2.24, 2.45) is 7.05 Å². The number of amides is 2. The van der Waals surface area contributed by atoms with E-state index in [4.69, 9.17) is 4.98 Å². The second-order valence-electron chi connectivity index (χ2n) is 8.63. The molecule has 0 unspecified atom stereocenters. The van der Waals surface area contributed by atoms with Gasteiger partial charge in [0, 0.05) is 44.0 Å². The molecule has 7 nitrogen and oxygen atoms in total. The highest BCUT2D eigenvalue weighted by molar-refractivity contribution is 6.01. The monoisotopic (exact) mass is 463 g/mol. The van der Waals surface area contributed by atoms with Gasteiger partial charge in [-0.1, -0.05) is 51.0 Å². The van der Waals surface area contributed by atoms with E-state index in [0.717, 1.165) is 60.7 Å². The Hall–Kier alpha value is -3.35. The summed E-state index contributed by atoms with van der Waals surface area (Å²) in [6.07, 6.45) is 19.0. The maximum atomic E-state index is 13.4. The number of carbonyl (C=O) groups excluding carboxylic acids is 2. The van der Waals surface area contributed by atoms with Gasteiger partial charge in [0.25, 0.3) is 5.91 Å². The average molecular weight is 464 g/mol. The minimum Gasteiger partial charge on any atom is -0.355 e. The fourth-order valence-electron chi connectivity index (χ4n) is 3.98. The fraction of sp³-hybridized carbons (Fsp3) is 0.444. The predicted octanol–water partition coefficient (Wildman–Crippen LogP) is 2.67. The van der Waals surface area contributed by atoms with Gasteiger partial charge in [-0.2, -0.15) is 0 Å². The quantitative estimate of drug-likeness (QED) is 0.559. The maximum Gasteiger partial charge on any atom is 0.253 e. The molecule has 2 aliphatic rings. The smallest absolute Gasteiger partial charge is 0.253 e. The topological polar surface area (TPSA) is 79.3 Å². The van der Waals surface area contributed by atoms with Gasteiger partial charge >= 0.3 is 0 Å². The zero-order chi connectivity index (χ0) is 24.5. The highest BCUT2D eigenvalue weighted by Gasteiger charge is 2.18. The molecule has 0 saturated carbocycles. The summed E-state index contributed by atoms with van der Waals surface area (Å²) in [5, 5.41) is 7.80. The normalized spacial score (nSPS) is 14.9. The van der Waals surface area contributed by atoms with Crippen molar-refractivity contribution < 1.29 is 9.59 Å². The minimum atomic E-state index is -0.0778. The van der Waals surface area contributed by atoms with Crippen LogP contribution >= 0.6 is 0 Å². The number of nitrogens with zero attached hydrogens (tertiary/aromatic N) is 3. The number of hydrogen-bond acceptors (Lipinski definition) is 4. The largest absolute Gasteiger partial charge is 0.355 e. The molecule has 0 radical (unpaired) electrons. The van der Waals surface area contributed by atoms with Gasteiger partial charge in [0.1, 0.15) is 0 Å². The van der Waals surface area contributed by atoms with Gasteiger partial charge in [0.2, 0.25) is 11.9 Å². The molecule has 2 aliphatic carbocycles. The van der Waals surface area contributed by atoms with Crippen LogP contribution in [-0.2, 0) is 16.6 Å². The van der Waals surface area contributed by atoms with Crippen LogP contribution in [0, 0.1) is 0 Å². The number of imidazole rings is 1. The first kappa shape index (κ1) is 25.3. The third kappa shape index (κ3) is 6.16. The summed E-state index contributed by atoms with van der Waals surface area (Å²) in [7, 11) is 3.58. The van der Waals surface area contributed by atoms with Crippen molar-refractivity contribution in [3.05, 3.63) is 57.9 Å². The standard InChI is InChI=1S/C27H37N5O2/c1-5-7-17-32(18-8-6-2)26(34)21-12-10-14-23-24(19-21)31(4)27(30-23)29-22-13-9-11-20(15-16-22)25(33)28-3/h9,12-16,19H,5-8,10-11,17-18H2,1-4H3,(H,28,33)(H,29,30). The average Bonchev–Trinajstić information content (AvgIpc) is 3.05. The lowest BCUT2D eigenvalue weighted by atomic mass is 10.1. The van der Waals surface area contributed by atoms with Gasteiger partial charge in [-0.3, -0.25) is 9.59 Å². The Morgan fingerprint density at radius 2 is 1.85 bits per heavy atom. The number of nitrogens with one attached hydrogen (secondary N) is 2. The Balaban J connectivity index is 1.86. The summed E-state index contributed by atoms with van der Waals surface area (Å²) in [4.78, 5) is 32.1. The van der Waals surface area contributed by atoms with E-state index in [1.54, 1.807) is 7.05 Å². The van der Waals surface area contributed by atoms with E-state index in [9.17, 15) is 9.59 Å². The Labute approximate surface area is 202 Å². The number of carbonyl (C=O) groups is 2. The summed E-state index contributed by atoms with van der Waals surface area (Å²) in [6.45, 7) is 5.89. The lowest BCUT2D eigenvalue weighted by molar-refractivity contribution is -0.126. The van der Waals surface area contributed by atoms with Gasteiger partial charge in [0.05, 0.1) is 10.7 Å². The van der Waals surface area contributed by atoms with Crippen LogP contribution in [0.15, 0.2) is 47.2 Å². The zero-order valence-electron chi connectivity index (χ0n) is 20.9. The molecular formula is C27H37N5O2. The molecule has 2 N–H and O–H groups in total. The number of aromatic nitrogens is 2. The number of likely N-dealkylation sites (N-methyl/N-ethyl adjacent to an activating group) is 1. The molecule has 7 heteroatoms. The molecule has 0 saturated heterocycles. The maximum absolute atomic E-state index is 13.4. The van der Waals surface area contributed by atoms with Crippen molar-refractivity contribution in [3.8, 4) is 0 Å². The molecule has 0 bridgehead atoms. The molecule has 1 aromatic rings. The second kappa shape index (κ2) is 12.2. The minimum absolute atomic E-state index is 0.0778. The second-order valence-corrected chi connectivity index (χ2v) is 8.63. The van der Waals surface area contributed by atoms with Crippen LogP contribution in [0.5, 0.6) is 0 Å². The first-order valence-corrected chi connectivity index (χ1v) is 12.3. The molecule has 3 rings (SSSR count). The van der Waals surface area contributed by atoms with Gasteiger partial charge in [-0.25, -0.2) is 4.98 Å². The molecule has 2 amide bonds. The summed E-state index contributed by atoms with van der Waals surface area (Å²) >= 11 is 0. The zero-order valence-corrected chi connectivity index (χ0v) is 20.9. The van der Waals surface area contributed by atoms with E-state index in [1.165, 1.54) is 0 Å². The van der Waals surface area contributed by atoms with Crippen molar-refractivity contribution in [1.82, 2.24) is 19.8 Å².